The lowest BCUT2D eigenvalue weighted by Crippen LogP contribution is -2.22. The fourth-order valence-corrected chi connectivity index (χ4v) is 1.41. The van der Waals surface area contributed by atoms with E-state index in [2.05, 4.69) is 36.1 Å². The molecule has 0 spiro atoms. The predicted molar refractivity (Wildman–Crippen MR) is 67.5 cm³/mol. The summed E-state index contributed by atoms with van der Waals surface area (Å²) in [6.45, 7) is 6.50. The van der Waals surface area contributed by atoms with Gasteiger partial charge in [-0.05, 0) is 18.9 Å². The standard InChI is InChI=1S/C13H17N3/c1-9(2)10(3)15-13-14-8-11-6-4-5-7-12(11)16-13/h4-10H,1-3H3,(H,14,15,16). The molecule has 1 heterocycles. The molecular weight excluding hydrogens is 198 g/mol. The molecule has 0 saturated carbocycles. The van der Waals surface area contributed by atoms with Crippen LogP contribution >= 0.6 is 0 Å². The molecular formula is C13H17N3. The molecule has 0 fully saturated rings. The SMILES string of the molecule is CC(C)C(C)Nc1ncc2ccccc2n1. The first kappa shape index (κ1) is 10.9. The number of fused-ring (bicyclic) bond motifs is 1. The van der Waals surface area contributed by atoms with E-state index in [0.29, 0.717) is 17.9 Å². The summed E-state index contributed by atoms with van der Waals surface area (Å²) in [4.78, 5) is 8.78. The zero-order valence-electron chi connectivity index (χ0n) is 9.94. The first-order valence-electron chi connectivity index (χ1n) is 5.65. The van der Waals surface area contributed by atoms with Crippen LogP contribution in [0, 0.1) is 5.92 Å². The van der Waals surface area contributed by atoms with Crippen molar-refractivity contribution in [3.63, 3.8) is 0 Å². The number of hydrogen-bond acceptors (Lipinski definition) is 3. The fourth-order valence-electron chi connectivity index (χ4n) is 1.41. The molecule has 2 aromatic rings. The van der Waals surface area contributed by atoms with Gasteiger partial charge in [0, 0.05) is 17.6 Å². The molecule has 1 aromatic heterocycles. The first-order valence-corrected chi connectivity index (χ1v) is 5.65. The smallest absolute Gasteiger partial charge is 0.223 e. The Labute approximate surface area is 95.9 Å². The van der Waals surface area contributed by atoms with E-state index < -0.39 is 0 Å². The van der Waals surface area contributed by atoms with Crippen LogP contribution in [0.4, 0.5) is 5.95 Å². The molecule has 0 aliphatic heterocycles. The van der Waals surface area contributed by atoms with Gasteiger partial charge in [0.05, 0.1) is 5.52 Å². The molecule has 2 rings (SSSR count). The quantitative estimate of drug-likeness (QED) is 0.855. The Bertz CT molecular complexity index is 479. The third-order valence-corrected chi connectivity index (χ3v) is 2.85. The molecule has 1 atom stereocenters. The highest BCUT2D eigenvalue weighted by atomic mass is 15.1. The number of nitrogens with one attached hydrogen (secondary N) is 1. The number of aromatic nitrogens is 2. The second-order valence-corrected chi connectivity index (χ2v) is 4.43. The molecule has 0 aliphatic carbocycles. The van der Waals surface area contributed by atoms with Crippen LogP contribution in [0.1, 0.15) is 20.8 Å². The van der Waals surface area contributed by atoms with Gasteiger partial charge in [0.25, 0.3) is 0 Å². The van der Waals surface area contributed by atoms with Crippen LogP contribution in [0.15, 0.2) is 30.5 Å². The van der Waals surface area contributed by atoms with Crippen LogP contribution in [-0.4, -0.2) is 16.0 Å². The van der Waals surface area contributed by atoms with Gasteiger partial charge in [0.15, 0.2) is 0 Å². The van der Waals surface area contributed by atoms with Gasteiger partial charge in [-0.2, -0.15) is 0 Å². The fraction of sp³-hybridized carbons (Fsp3) is 0.385. The van der Waals surface area contributed by atoms with Crippen LogP contribution in [0.2, 0.25) is 0 Å². The van der Waals surface area contributed by atoms with Crippen LogP contribution in [0.3, 0.4) is 0 Å². The molecule has 16 heavy (non-hydrogen) atoms. The maximum Gasteiger partial charge on any atom is 0.223 e. The monoisotopic (exact) mass is 215 g/mol. The van der Waals surface area contributed by atoms with Gasteiger partial charge in [-0.1, -0.05) is 32.0 Å². The van der Waals surface area contributed by atoms with Crippen molar-refractivity contribution in [3.8, 4) is 0 Å². The number of anilines is 1. The maximum absolute atomic E-state index is 4.48. The summed E-state index contributed by atoms with van der Waals surface area (Å²) < 4.78 is 0. The number of nitrogens with zero attached hydrogens (tertiary/aromatic N) is 2. The van der Waals surface area contributed by atoms with Gasteiger partial charge in [-0.25, -0.2) is 9.97 Å². The Balaban J connectivity index is 2.26. The van der Waals surface area contributed by atoms with Crippen LogP contribution in [0.25, 0.3) is 10.9 Å². The van der Waals surface area contributed by atoms with Gasteiger partial charge in [-0.15, -0.1) is 0 Å². The molecule has 1 N–H and O–H groups in total. The van der Waals surface area contributed by atoms with Crippen molar-refractivity contribution < 1.29 is 0 Å². The minimum Gasteiger partial charge on any atom is -0.351 e. The number of para-hydroxylation sites is 1. The van der Waals surface area contributed by atoms with Gasteiger partial charge in [0.2, 0.25) is 5.95 Å². The Morgan fingerprint density at radius 1 is 1.12 bits per heavy atom. The van der Waals surface area contributed by atoms with Crippen LogP contribution in [-0.2, 0) is 0 Å². The highest BCUT2D eigenvalue weighted by molar-refractivity contribution is 5.78. The van der Waals surface area contributed by atoms with Crippen molar-refractivity contribution in [1.29, 1.82) is 0 Å². The largest absolute Gasteiger partial charge is 0.351 e. The van der Waals surface area contributed by atoms with Crippen molar-refractivity contribution in [2.75, 3.05) is 5.32 Å². The first-order chi connectivity index (χ1) is 7.66. The molecule has 0 aliphatic rings. The highest BCUT2D eigenvalue weighted by Gasteiger charge is 2.08. The Hall–Kier alpha value is -1.64. The Morgan fingerprint density at radius 2 is 1.88 bits per heavy atom. The van der Waals surface area contributed by atoms with Crippen molar-refractivity contribution in [3.05, 3.63) is 30.5 Å². The lowest BCUT2D eigenvalue weighted by Gasteiger charge is -2.17. The Kier molecular flexibility index (Phi) is 3.04. The Morgan fingerprint density at radius 3 is 2.62 bits per heavy atom. The molecule has 3 heteroatoms. The molecule has 84 valence electrons. The third-order valence-electron chi connectivity index (χ3n) is 2.85. The summed E-state index contributed by atoms with van der Waals surface area (Å²) in [6, 6.07) is 8.38. The van der Waals surface area contributed by atoms with Crippen molar-refractivity contribution in [2.45, 2.75) is 26.8 Å². The van der Waals surface area contributed by atoms with Gasteiger partial charge >= 0.3 is 0 Å². The van der Waals surface area contributed by atoms with E-state index in [1.807, 2.05) is 30.5 Å². The minimum atomic E-state index is 0.376. The number of benzene rings is 1. The normalized spacial score (nSPS) is 13.0. The lowest BCUT2D eigenvalue weighted by atomic mass is 10.1. The lowest BCUT2D eigenvalue weighted by molar-refractivity contribution is 0.556. The van der Waals surface area contributed by atoms with E-state index in [1.54, 1.807) is 0 Å². The summed E-state index contributed by atoms with van der Waals surface area (Å²) in [6.07, 6.45) is 1.86. The van der Waals surface area contributed by atoms with Crippen molar-refractivity contribution in [2.24, 2.45) is 5.92 Å². The van der Waals surface area contributed by atoms with E-state index in [1.165, 1.54) is 0 Å². The molecule has 1 aromatic carbocycles. The number of rotatable bonds is 3. The summed E-state index contributed by atoms with van der Waals surface area (Å²) in [5.41, 5.74) is 0.982. The summed E-state index contributed by atoms with van der Waals surface area (Å²) in [7, 11) is 0. The van der Waals surface area contributed by atoms with Gasteiger partial charge in [0.1, 0.15) is 0 Å². The molecule has 0 bridgehead atoms. The van der Waals surface area contributed by atoms with E-state index >= 15 is 0 Å². The predicted octanol–water partition coefficient (Wildman–Crippen LogP) is 3.09. The van der Waals surface area contributed by atoms with E-state index in [4.69, 9.17) is 0 Å². The molecule has 0 amide bonds. The van der Waals surface area contributed by atoms with E-state index in [-0.39, 0.29) is 0 Å². The second kappa shape index (κ2) is 4.47. The molecule has 1 unspecified atom stereocenters. The molecule has 0 saturated heterocycles. The van der Waals surface area contributed by atoms with Crippen molar-refractivity contribution in [1.82, 2.24) is 9.97 Å². The summed E-state index contributed by atoms with van der Waals surface area (Å²) in [5.74, 6) is 1.27. The zero-order chi connectivity index (χ0) is 11.5. The second-order valence-electron chi connectivity index (χ2n) is 4.43. The van der Waals surface area contributed by atoms with Gasteiger partial charge < -0.3 is 5.32 Å². The van der Waals surface area contributed by atoms with Crippen LogP contribution in [0.5, 0.6) is 0 Å². The maximum atomic E-state index is 4.48. The third kappa shape index (κ3) is 2.30. The average Bonchev–Trinajstić information content (AvgIpc) is 2.28. The topological polar surface area (TPSA) is 37.8 Å². The van der Waals surface area contributed by atoms with E-state index in [9.17, 15) is 0 Å². The summed E-state index contributed by atoms with van der Waals surface area (Å²) in [5, 5.41) is 4.39. The molecule has 3 nitrogen and oxygen atoms in total. The van der Waals surface area contributed by atoms with Crippen LogP contribution < -0.4 is 5.32 Å². The number of hydrogen-bond donors (Lipinski definition) is 1. The minimum absolute atomic E-state index is 0.376. The molecule has 0 radical (unpaired) electrons. The summed E-state index contributed by atoms with van der Waals surface area (Å²) >= 11 is 0. The highest BCUT2D eigenvalue weighted by Crippen LogP contribution is 2.13. The zero-order valence-corrected chi connectivity index (χ0v) is 9.94. The average molecular weight is 215 g/mol. The van der Waals surface area contributed by atoms with Gasteiger partial charge in [-0.3, -0.25) is 0 Å². The van der Waals surface area contributed by atoms with E-state index in [0.717, 1.165) is 10.9 Å². The van der Waals surface area contributed by atoms with Crippen molar-refractivity contribution >= 4 is 16.9 Å².